The molecule has 1 aliphatic rings. The molecule has 1 unspecified atom stereocenters. The van der Waals surface area contributed by atoms with Gasteiger partial charge < -0.3 is 10.3 Å². The lowest BCUT2D eigenvalue weighted by atomic mass is 9.80. The lowest BCUT2D eigenvalue weighted by Crippen LogP contribution is -2.51. The minimum atomic E-state index is 0.136. The van der Waals surface area contributed by atoms with Gasteiger partial charge in [0.2, 0.25) is 0 Å². The SMILES string of the molecule is CC1(C)CN(Cc2cc(-c3ccc(Cl)cc3)no2)CCC1N. The number of hydrogen-bond donors (Lipinski definition) is 1. The van der Waals surface area contributed by atoms with Crippen molar-refractivity contribution < 1.29 is 4.52 Å². The van der Waals surface area contributed by atoms with Gasteiger partial charge in [0.25, 0.3) is 0 Å². The van der Waals surface area contributed by atoms with Crippen molar-refractivity contribution in [3.8, 4) is 11.3 Å². The summed E-state index contributed by atoms with van der Waals surface area (Å²) in [4.78, 5) is 2.38. The molecule has 2 heterocycles. The molecule has 1 fully saturated rings. The summed E-state index contributed by atoms with van der Waals surface area (Å²) >= 11 is 5.91. The van der Waals surface area contributed by atoms with Gasteiger partial charge in [0.1, 0.15) is 5.69 Å². The summed E-state index contributed by atoms with van der Waals surface area (Å²) in [6.45, 7) is 7.20. The highest BCUT2D eigenvalue weighted by molar-refractivity contribution is 6.30. The molecule has 1 aliphatic heterocycles. The molecule has 1 aromatic carbocycles. The number of aromatic nitrogens is 1. The number of nitrogens with two attached hydrogens (primary N) is 1. The second-order valence-electron chi connectivity index (χ2n) is 6.78. The highest BCUT2D eigenvalue weighted by Gasteiger charge is 2.33. The fourth-order valence-electron chi connectivity index (χ4n) is 2.98. The van der Waals surface area contributed by atoms with Crippen LogP contribution in [0.15, 0.2) is 34.9 Å². The van der Waals surface area contributed by atoms with E-state index in [0.29, 0.717) is 0 Å². The zero-order valence-corrected chi connectivity index (χ0v) is 13.8. The molecule has 1 saturated heterocycles. The average Bonchev–Trinajstić information content (AvgIpc) is 2.92. The van der Waals surface area contributed by atoms with Gasteiger partial charge in [-0.3, -0.25) is 4.90 Å². The van der Waals surface area contributed by atoms with E-state index in [2.05, 4.69) is 23.9 Å². The Morgan fingerprint density at radius 3 is 2.77 bits per heavy atom. The van der Waals surface area contributed by atoms with Crippen LogP contribution in [-0.2, 0) is 6.54 Å². The molecule has 0 bridgehead atoms. The molecule has 0 spiro atoms. The number of piperidine rings is 1. The van der Waals surface area contributed by atoms with Gasteiger partial charge in [-0.05, 0) is 24.0 Å². The summed E-state index contributed by atoms with van der Waals surface area (Å²) in [5.41, 5.74) is 8.18. The van der Waals surface area contributed by atoms with Crippen molar-refractivity contribution >= 4 is 11.6 Å². The zero-order valence-electron chi connectivity index (χ0n) is 13.1. The van der Waals surface area contributed by atoms with Crippen LogP contribution >= 0.6 is 11.6 Å². The standard InChI is InChI=1S/C17H22ClN3O/c1-17(2)11-21(8-7-16(17)19)10-14-9-15(20-22-14)12-3-5-13(18)6-4-12/h3-6,9,16H,7-8,10-11,19H2,1-2H3. The Hall–Kier alpha value is -1.36. The fraction of sp³-hybridized carbons (Fsp3) is 0.471. The Bertz CT molecular complexity index is 636. The van der Waals surface area contributed by atoms with E-state index < -0.39 is 0 Å². The Labute approximate surface area is 136 Å². The van der Waals surface area contributed by atoms with Crippen LogP contribution in [0.25, 0.3) is 11.3 Å². The molecule has 22 heavy (non-hydrogen) atoms. The van der Waals surface area contributed by atoms with Crippen molar-refractivity contribution in [2.75, 3.05) is 13.1 Å². The first-order valence-electron chi connectivity index (χ1n) is 7.63. The topological polar surface area (TPSA) is 55.3 Å². The largest absolute Gasteiger partial charge is 0.359 e. The lowest BCUT2D eigenvalue weighted by molar-refractivity contribution is 0.0826. The van der Waals surface area contributed by atoms with Crippen LogP contribution in [0.1, 0.15) is 26.0 Å². The van der Waals surface area contributed by atoms with Gasteiger partial charge in [0, 0.05) is 35.8 Å². The van der Waals surface area contributed by atoms with Crippen LogP contribution in [-0.4, -0.2) is 29.2 Å². The van der Waals surface area contributed by atoms with Crippen molar-refractivity contribution in [1.29, 1.82) is 0 Å². The van der Waals surface area contributed by atoms with E-state index in [0.717, 1.165) is 48.1 Å². The number of nitrogens with zero attached hydrogens (tertiary/aromatic N) is 2. The van der Waals surface area contributed by atoms with Crippen LogP contribution in [0.4, 0.5) is 0 Å². The molecule has 1 atom stereocenters. The van der Waals surface area contributed by atoms with Gasteiger partial charge in [-0.1, -0.05) is 42.7 Å². The molecule has 0 radical (unpaired) electrons. The summed E-state index contributed by atoms with van der Waals surface area (Å²) in [7, 11) is 0. The zero-order chi connectivity index (χ0) is 15.7. The summed E-state index contributed by atoms with van der Waals surface area (Å²) in [6, 6.07) is 9.90. The highest BCUT2D eigenvalue weighted by atomic mass is 35.5. The quantitative estimate of drug-likeness (QED) is 0.940. The van der Waals surface area contributed by atoms with Crippen molar-refractivity contribution in [3.05, 3.63) is 41.1 Å². The first-order valence-corrected chi connectivity index (χ1v) is 8.01. The maximum Gasteiger partial charge on any atom is 0.151 e. The third-order valence-corrected chi connectivity index (χ3v) is 4.72. The van der Waals surface area contributed by atoms with Crippen LogP contribution < -0.4 is 5.73 Å². The molecular weight excluding hydrogens is 298 g/mol. The first-order chi connectivity index (χ1) is 10.4. The third kappa shape index (κ3) is 3.35. The Balaban J connectivity index is 1.68. The number of halogens is 1. The summed E-state index contributed by atoms with van der Waals surface area (Å²) in [6.07, 6.45) is 1.02. The molecule has 5 heteroatoms. The van der Waals surface area contributed by atoms with E-state index in [-0.39, 0.29) is 11.5 Å². The van der Waals surface area contributed by atoms with Gasteiger partial charge in [-0.25, -0.2) is 0 Å². The van der Waals surface area contributed by atoms with Gasteiger partial charge >= 0.3 is 0 Å². The van der Waals surface area contributed by atoms with E-state index in [4.69, 9.17) is 21.9 Å². The molecule has 0 saturated carbocycles. The number of hydrogen-bond acceptors (Lipinski definition) is 4. The van der Waals surface area contributed by atoms with Crippen LogP contribution in [0.2, 0.25) is 5.02 Å². The third-order valence-electron chi connectivity index (χ3n) is 4.47. The number of likely N-dealkylation sites (tertiary alicyclic amines) is 1. The van der Waals surface area contributed by atoms with Crippen molar-refractivity contribution in [2.24, 2.45) is 11.1 Å². The fourth-order valence-corrected chi connectivity index (χ4v) is 3.11. The molecule has 2 N–H and O–H groups in total. The van der Waals surface area contributed by atoms with Gasteiger partial charge in [-0.2, -0.15) is 0 Å². The number of rotatable bonds is 3. The van der Waals surface area contributed by atoms with Crippen LogP contribution in [0, 0.1) is 5.41 Å². The second kappa shape index (κ2) is 6.03. The normalized spacial score (nSPS) is 21.9. The molecule has 4 nitrogen and oxygen atoms in total. The smallest absolute Gasteiger partial charge is 0.151 e. The molecule has 0 aliphatic carbocycles. The molecule has 118 valence electrons. The van der Waals surface area contributed by atoms with Crippen molar-refractivity contribution in [3.63, 3.8) is 0 Å². The maximum absolute atomic E-state index is 6.19. The predicted octanol–water partition coefficient (Wildman–Crippen LogP) is 3.55. The maximum atomic E-state index is 6.19. The molecular formula is C17H22ClN3O. The van der Waals surface area contributed by atoms with E-state index >= 15 is 0 Å². The summed E-state index contributed by atoms with van der Waals surface area (Å²) < 4.78 is 5.49. The molecule has 2 aromatic rings. The van der Waals surface area contributed by atoms with Crippen LogP contribution in [0.3, 0.4) is 0 Å². The Kier molecular flexibility index (Phi) is 4.26. The van der Waals surface area contributed by atoms with E-state index in [1.165, 1.54) is 0 Å². The van der Waals surface area contributed by atoms with E-state index in [1.54, 1.807) is 0 Å². The Morgan fingerprint density at radius 2 is 2.09 bits per heavy atom. The first kappa shape index (κ1) is 15.5. The van der Waals surface area contributed by atoms with E-state index in [9.17, 15) is 0 Å². The number of benzene rings is 1. The minimum absolute atomic E-state index is 0.136. The lowest BCUT2D eigenvalue weighted by Gasteiger charge is -2.42. The summed E-state index contributed by atoms with van der Waals surface area (Å²) in [5.74, 6) is 0.885. The van der Waals surface area contributed by atoms with Crippen molar-refractivity contribution in [2.45, 2.75) is 32.9 Å². The van der Waals surface area contributed by atoms with E-state index in [1.807, 2.05) is 30.3 Å². The monoisotopic (exact) mass is 319 g/mol. The van der Waals surface area contributed by atoms with Crippen molar-refractivity contribution in [1.82, 2.24) is 10.1 Å². The second-order valence-corrected chi connectivity index (χ2v) is 7.22. The minimum Gasteiger partial charge on any atom is -0.359 e. The van der Waals surface area contributed by atoms with Crippen LogP contribution in [0.5, 0.6) is 0 Å². The van der Waals surface area contributed by atoms with Gasteiger partial charge in [0.15, 0.2) is 5.76 Å². The molecule has 3 rings (SSSR count). The predicted molar refractivity (Wildman–Crippen MR) is 88.6 cm³/mol. The van der Waals surface area contributed by atoms with Gasteiger partial charge in [-0.15, -0.1) is 0 Å². The van der Waals surface area contributed by atoms with Gasteiger partial charge in [0.05, 0.1) is 6.54 Å². The molecule has 0 amide bonds. The Morgan fingerprint density at radius 1 is 1.36 bits per heavy atom. The average molecular weight is 320 g/mol. The summed E-state index contributed by atoms with van der Waals surface area (Å²) in [5, 5.41) is 4.89. The highest BCUT2D eigenvalue weighted by Crippen LogP contribution is 2.29. The molecule has 1 aromatic heterocycles.